The van der Waals surface area contributed by atoms with E-state index < -0.39 is 0 Å². The smallest absolute Gasteiger partial charge is 0.205 e. The van der Waals surface area contributed by atoms with Gasteiger partial charge < -0.3 is 20.6 Å². The Hall–Kier alpha value is -1.60. The molecule has 2 rings (SSSR count). The number of nitrogens with zero attached hydrogens (tertiary/aromatic N) is 2. The number of aromatic nitrogens is 2. The molecule has 0 aromatic carbocycles. The van der Waals surface area contributed by atoms with Crippen molar-refractivity contribution in [3.8, 4) is 5.75 Å². The van der Waals surface area contributed by atoms with E-state index in [9.17, 15) is 5.11 Å². The second-order valence-corrected chi connectivity index (χ2v) is 4.12. The fraction of sp³-hybridized carbons (Fsp3) is 0.600. The number of hydrogen-bond acceptors (Lipinski definition) is 7. The molecule has 0 bridgehead atoms. The van der Waals surface area contributed by atoms with E-state index in [1.807, 2.05) is 0 Å². The molecule has 0 radical (unpaired) electrons. The highest BCUT2D eigenvalue weighted by atomic mass is 16.5. The van der Waals surface area contributed by atoms with Crippen molar-refractivity contribution in [2.45, 2.75) is 18.9 Å². The van der Waals surface area contributed by atoms with Gasteiger partial charge in [-0.3, -0.25) is 0 Å². The lowest BCUT2D eigenvalue weighted by molar-refractivity contribution is 0.0486. The Morgan fingerprint density at radius 3 is 2.76 bits per heavy atom. The van der Waals surface area contributed by atoms with Gasteiger partial charge in [0.2, 0.25) is 5.75 Å². The van der Waals surface area contributed by atoms with Crippen LogP contribution >= 0.6 is 0 Å². The van der Waals surface area contributed by atoms with Gasteiger partial charge in [0.25, 0.3) is 0 Å². The Bertz CT molecular complexity index is 381. The number of hydrogen-bond donors (Lipinski definition) is 4. The first-order valence-electron chi connectivity index (χ1n) is 5.52. The van der Waals surface area contributed by atoms with Crippen molar-refractivity contribution in [1.29, 1.82) is 0 Å². The van der Waals surface area contributed by atoms with Gasteiger partial charge in [-0.25, -0.2) is 15.8 Å². The molecule has 1 heterocycles. The van der Waals surface area contributed by atoms with E-state index in [1.165, 1.54) is 13.4 Å². The maximum atomic E-state index is 9.19. The van der Waals surface area contributed by atoms with Crippen LogP contribution in [0.4, 0.5) is 11.6 Å². The highest BCUT2D eigenvalue weighted by Crippen LogP contribution is 2.31. The number of aliphatic hydroxyl groups is 1. The highest BCUT2D eigenvalue weighted by molar-refractivity contribution is 5.62. The Balaban J connectivity index is 1.99. The molecule has 0 saturated heterocycles. The van der Waals surface area contributed by atoms with Crippen LogP contribution in [0.25, 0.3) is 0 Å². The Labute approximate surface area is 99.4 Å². The quantitative estimate of drug-likeness (QED) is 0.422. The van der Waals surface area contributed by atoms with Crippen molar-refractivity contribution < 1.29 is 9.84 Å². The number of nitrogen functional groups attached to an aromatic ring is 1. The van der Waals surface area contributed by atoms with Gasteiger partial charge in [-0.2, -0.15) is 0 Å². The Morgan fingerprint density at radius 2 is 2.18 bits per heavy atom. The number of methoxy groups -OCH3 is 1. The van der Waals surface area contributed by atoms with Crippen molar-refractivity contribution >= 4 is 11.6 Å². The zero-order valence-corrected chi connectivity index (χ0v) is 9.68. The molecule has 0 spiro atoms. The standard InChI is InChI=1S/C10H17N5O2/c1-17-8-9(13-5-14-10(8)15-11)12-4-6-2-7(16)3-6/h5-7,16H,2-4,11H2,1H3,(H2,12,13,14,15). The largest absolute Gasteiger partial charge is 0.490 e. The fourth-order valence-electron chi connectivity index (χ4n) is 1.90. The molecule has 1 aliphatic carbocycles. The van der Waals surface area contributed by atoms with Crippen molar-refractivity contribution in [1.82, 2.24) is 9.97 Å². The number of aliphatic hydroxyl groups excluding tert-OH is 1. The summed E-state index contributed by atoms with van der Waals surface area (Å²) in [4.78, 5) is 8.05. The van der Waals surface area contributed by atoms with Gasteiger partial charge in [0, 0.05) is 6.54 Å². The van der Waals surface area contributed by atoms with Crippen LogP contribution in [0.15, 0.2) is 6.33 Å². The van der Waals surface area contributed by atoms with Gasteiger partial charge in [-0.05, 0) is 18.8 Å². The molecule has 0 amide bonds. The number of nitrogens with one attached hydrogen (secondary N) is 2. The number of anilines is 2. The van der Waals surface area contributed by atoms with Gasteiger partial charge in [0.15, 0.2) is 11.6 Å². The summed E-state index contributed by atoms with van der Waals surface area (Å²) in [5.41, 5.74) is 2.45. The third-order valence-corrected chi connectivity index (χ3v) is 2.91. The predicted molar refractivity (Wildman–Crippen MR) is 63.6 cm³/mol. The first kappa shape index (κ1) is 11.9. The number of hydrazine groups is 1. The van der Waals surface area contributed by atoms with Crippen LogP contribution in [-0.4, -0.2) is 34.8 Å². The van der Waals surface area contributed by atoms with Crippen LogP contribution in [0, 0.1) is 5.92 Å². The molecule has 0 atom stereocenters. The summed E-state index contributed by atoms with van der Waals surface area (Å²) in [7, 11) is 1.54. The minimum absolute atomic E-state index is 0.143. The summed E-state index contributed by atoms with van der Waals surface area (Å²) in [6.07, 6.45) is 2.94. The second kappa shape index (κ2) is 5.15. The summed E-state index contributed by atoms with van der Waals surface area (Å²) in [6.45, 7) is 0.758. The van der Waals surface area contributed by atoms with Crippen LogP contribution < -0.4 is 21.3 Å². The van der Waals surface area contributed by atoms with Crippen LogP contribution in [-0.2, 0) is 0 Å². The normalized spacial score (nSPS) is 22.8. The summed E-state index contributed by atoms with van der Waals surface area (Å²) >= 11 is 0. The summed E-state index contributed by atoms with van der Waals surface area (Å²) in [5, 5.41) is 12.4. The zero-order chi connectivity index (χ0) is 12.3. The lowest BCUT2D eigenvalue weighted by Crippen LogP contribution is -2.33. The van der Waals surface area contributed by atoms with Gasteiger partial charge in [0.05, 0.1) is 13.2 Å². The number of rotatable bonds is 5. The molecule has 1 fully saturated rings. The molecule has 94 valence electrons. The maximum Gasteiger partial charge on any atom is 0.205 e. The molecule has 7 nitrogen and oxygen atoms in total. The highest BCUT2D eigenvalue weighted by Gasteiger charge is 2.27. The Kier molecular flexibility index (Phi) is 3.60. The second-order valence-electron chi connectivity index (χ2n) is 4.12. The van der Waals surface area contributed by atoms with E-state index in [0.717, 1.165) is 19.4 Å². The van der Waals surface area contributed by atoms with E-state index in [4.69, 9.17) is 10.6 Å². The zero-order valence-electron chi connectivity index (χ0n) is 9.68. The Morgan fingerprint density at radius 1 is 1.47 bits per heavy atom. The molecule has 0 aliphatic heterocycles. The van der Waals surface area contributed by atoms with E-state index in [2.05, 4.69) is 20.7 Å². The van der Waals surface area contributed by atoms with Gasteiger partial charge >= 0.3 is 0 Å². The van der Waals surface area contributed by atoms with E-state index in [-0.39, 0.29) is 6.10 Å². The minimum Gasteiger partial charge on any atom is -0.490 e. The summed E-state index contributed by atoms with van der Waals surface area (Å²) < 4.78 is 5.19. The van der Waals surface area contributed by atoms with Crippen molar-refractivity contribution in [3.05, 3.63) is 6.33 Å². The third kappa shape index (κ3) is 2.56. The van der Waals surface area contributed by atoms with E-state index >= 15 is 0 Å². The molecule has 0 unspecified atom stereocenters. The average molecular weight is 239 g/mol. The molecule has 1 aliphatic rings. The van der Waals surface area contributed by atoms with Crippen molar-refractivity contribution in [2.24, 2.45) is 11.8 Å². The molecule has 1 aromatic heterocycles. The first-order chi connectivity index (χ1) is 8.24. The SMILES string of the molecule is COc1c(NN)ncnc1NCC1CC(O)C1. The lowest BCUT2D eigenvalue weighted by Gasteiger charge is -2.31. The van der Waals surface area contributed by atoms with Gasteiger partial charge in [0.1, 0.15) is 6.33 Å². The van der Waals surface area contributed by atoms with Crippen molar-refractivity contribution in [3.63, 3.8) is 0 Å². The van der Waals surface area contributed by atoms with Gasteiger partial charge in [-0.15, -0.1) is 0 Å². The van der Waals surface area contributed by atoms with Crippen LogP contribution in [0.5, 0.6) is 5.75 Å². The summed E-state index contributed by atoms with van der Waals surface area (Å²) in [5.74, 6) is 7.36. The molecule has 1 aromatic rings. The molecular weight excluding hydrogens is 222 g/mol. The molecule has 7 heteroatoms. The lowest BCUT2D eigenvalue weighted by atomic mass is 9.82. The molecule has 17 heavy (non-hydrogen) atoms. The monoisotopic (exact) mass is 239 g/mol. The van der Waals surface area contributed by atoms with Crippen molar-refractivity contribution in [2.75, 3.05) is 24.4 Å². The number of nitrogens with two attached hydrogens (primary N) is 1. The first-order valence-corrected chi connectivity index (χ1v) is 5.52. The van der Waals surface area contributed by atoms with Crippen LogP contribution in [0.2, 0.25) is 0 Å². The van der Waals surface area contributed by atoms with Gasteiger partial charge in [-0.1, -0.05) is 0 Å². The maximum absolute atomic E-state index is 9.19. The molecular formula is C10H17N5O2. The summed E-state index contributed by atoms with van der Waals surface area (Å²) in [6, 6.07) is 0. The third-order valence-electron chi connectivity index (χ3n) is 2.91. The average Bonchev–Trinajstić information content (AvgIpc) is 2.32. The molecule has 1 saturated carbocycles. The fourth-order valence-corrected chi connectivity index (χ4v) is 1.90. The topological polar surface area (TPSA) is 105 Å². The van der Waals surface area contributed by atoms with E-state index in [0.29, 0.717) is 23.3 Å². The molecule has 5 N–H and O–H groups in total. The van der Waals surface area contributed by atoms with E-state index in [1.54, 1.807) is 0 Å². The van der Waals surface area contributed by atoms with Crippen LogP contribution in [0.1, 0.15) is 12.8 Å². The minimum atomic E-state index is -0.143. The predicted octanol–water partition coefficient (Wildman–Crippen LogP) is -0.0464. The van der Waals surface area contributed by atoms with Crippen LogP contribution in [0.3, 0.4) is 0 Å². The number of ether oxygens (including phenoxy) is 1.